The van der Waals surface area contributed by atoms with E-state index < -0.39 is 5.97 Å². The number of likely N-dealkylation sites (N-methyl/N-ethyl adjacent to an activating group) is 1. The molecule has 0 atom stereocenters. The Morgan fingerprint density at radius 2 is 2.00 bits per heavy atom. The van der Waals surface area contributed by atoms with Crippen LogP contribution in [0.15, 0.2) is 50.8 Å². The van der Waals surface area contributed by atoms with Gasteiger partial charge in [-0.2, -0.15) is 0 Å². The second-order valence-electron chi connectivity index (χ2n) is 5.73. The first-order valence-electron chi connectivity index (χ1n) is 7.93. The van der Waals surface area contributed by atoms with Gasteiger partial charge in [0.05, 0.1) is 27.7 Å². The van der Waals surface area contributed by atoms with E-state index in [0.29, 0.717) is 36.6 Å². The minimum atomic E-state index is -1.01. The highest BCUT2D eigenvalue weighted by Crippen LogP contribution is 2.38. The van der Waals surface area contributed by atoms with E-state index >= 15 is 0 Å². The third-order valence-corrected chi connectivity index (χ3v) is 5.74. The molecule has 6 nitrogen and oxygen atoms in total. The van der Waals surface area contributed by atoms with Crippen molar-refractivity contribution in [3.63, 3.8) is 0 Å². The average molecular weight is 482 g/mol. The number of carboxylic acids is 1. The molecule has 28 heavy (non-hydrogen) atoms. The summed E-state index contributed by atoms with van der Waals surface area (Å²) in [5.41, 5.74) is 1.39. The van der Waals surface area contributed by atoms with E-state index in [0.717, 1.165) is 0 Å². The number of carbonyl (C=O) groups excluding carboxylic acids is 1. The van der Waals surface area contributed by atoms with Crippen molar-refractivity contribution in [1.82, 2.24) is 4.90 Å². The molecule has 3 rings (SSSR count). The summed E-state index contributed by atoms with van der Waals surface area (Å²) in [5.74, 6) is -0.639. The van der Waals surface area contributed by atoms with Gasteiger partial charge in [-0.1, -0.05) is 11.6 Å². The number of carbonyl (C=O) groups is 2. The van der Waals surface area contributed by atoms with Gasteiger partial charge in [0.25, 0.3) is 5.91 Å². The van der Waals surface area contributed by atoms with Crippen LogP contribution in [-0.4, -0.2) is 41.2 Å². The van der Waals surface area contributed by atoms with Crippen LogP contribution >= 0.6 is 39.3 Å². The predicted octanol–water partition coefficient (Wildman–Crippen LogP) is 5.04. The van der Waals surface area contributed by atoms with Crippen LogP contribution in [0.1, 0.15) is 15.9 Å². The molecule has 1 N–H and O–H groups in total. The molecule has 0 saturated carbocycles. The molecule has 0 aromatic heterocycles. The van der Waals surface area contributed by atoms with E-state index in [9.17, 15) is 9.59 Å². The van der Waals surface area contributed by atoms with Crippen LogP contribution in [0.3, 0.4) is 0 Å². The number of carboxylic acid groups (broad SMARTS) is 1. The number of aromatic carboxylic acids is 1. The summed E-state index contributed by atoms with van der Waals surface area (Å²) >= 11 is 10.7. The number of rotatable bonds is 4. The molecule has 0 unspecified atom stereocenters. The molecule has 1 heterocycles. The second kappa shape index (κ2) is 8.38. The van der Waals surface area contributed by atoms with E-state index in [1.165, 1.54) is 28.8 Å². The fraction of sp³-hybridized carbons (Fsp3) is 0.105. The van der Waals surface area contributed by atoms with Crippen LogP contribution in [-0.2, 0) is 4.79 Å². The van der Waals surface area contributed by atoms with Crippen molar-refractivity contribution in [2.45, 2.75) is 0 Å². The van der Waals surface area contributed by atoms with Gasteiger partial charge in [-0.3, -0.25) is 9.69 Å². The molecule has 2 aromatic rings. The van der Waals surface area contributed by atoms with Gasteiger partial charge in [0, 0.05) is 17.6 Å². The van der Waals surface area contributed by atoms with E-state index in [2.05, 4.69) is 20.9 Å². The monoisotopic (exact) mass is 480 g/mol. The zero-order valence-electron chi connectivity index (χ0n) is 14.8. The van der Waals surface area contributed by atoms with E-state index in [-0.39, 0.29) is 11.5 Å². The molecule has 1 saturated heterocycles. The predicted molar refractivity (Wildman–Crippen MR) is 115 cm³/mol. The quantitative estimate of drug-likeness (QED) is 0.619. The number of amidine groups is 1. The Labute approximate surface area is 179 Å². The smallest absolute Gasteiger partial charge is 0.335 e. The van der Waals surface area contributed by atoms with Gasteiger partial charge in [-0.25, -0.2) is 9.79 Å². The number of halogens is 2. The lowest BCUT2D eigenvalue weighted by molar-refractivity contribution is -0.121. The molecule has 1 fully saturated rings. The lowest BCUT2D eigenvalue weighted by Gasteiger charge is -2.09. The molecule has 0 bridgehead atoms. The third-order valence-electron chi connectivity index (χ3n) is 3.87. The maximum atomic E-state index is 12.6. The van der Waals surface area contributed by atoms with Gasteiger partial charge >= 0.3 is 5.97 Å². The Kier molecular flexibility index (Phi) is 6.12. The standard InChI is InChI=1S/C19H14BrClN2O4S/c1-23-17(24)15(8-11-7-12(21)9-14(20)16(11)27-2)28-19(23)22-13-5-3-10(4-6-13)18(25)26/h3-9H,1-2H3,(H,25,26)/b15-8-,22-19?. The summed E-state index contributed by atoms with van der Waals surface area (Å²) in [6.45, 7) is 0. The van der Waals surface area contributed by atoms with Crippen molar-refractivity contribution in [2.24, 2.45) is 4.99 Å². The molecular weight excluding hydrogens is 468 g/mol. The summed E-state index contributed by atoms with van der Waals surface area (Å²) in [4.78, 5) is 29.9. The van der Waals surface area contributed by atoms with Gasteiger partial charge in [-0.05, 0) is 70.2 Å². The highest BCUT2D eigenvalue weighted by Gasteiger charge is 2.30. The number of benzene rings is 2. The number of amides is 1. The van der Waals surface area contributed by atoms with Crippen molar-refractivity contribution in [2.75, 3.05) is 14.2 Å². The van der Waals surface area contributed by atoms with Crippen LogP contribution in [0.25, 0.3) is 6.08 Å². The lowest BCUT2D eigenvalue weighted by atomic mass is 10.2. The van der Waals surface area contributed by atoms with Gasteiger partial charge in [-0.15, -0.1) is 0 Å². The fourth-order valence-electron chi connectivity index (χ4n) is 2.48. The molecule has 2 aromatic carbocycles. The second-order valence-corrected chi connectivity index (χ2v) is 8.03. The molecule has 0 spiro atoms. The number of methoxy groups -OCH3 is 1. The Hall–Kier alpha value is -2.29. The lowest BCUT2D eigenvalue weighted by Crippen LogP contribution is -2.23. The fourth-order valence-corrected chi connectivity index (χ4v) is 4.46. The molecule has 0 aliphatic carbocycles. The van der Waals surface area contributed by atoms with Gasteiger partial charge in [0.15, 0.2) is 5.17 Å². The number of aliphatic imine (C=N–C) groups is 1. The summed E-state index contributed by atoms with van der Waals surface area (Å²) < 4.78 is 6.08. The minimum absolute atomic E-state index is 0.173. The molecule has 9 heteroatoms. The summed E-state index contributed by atoms with van der Waals surface area (Å²) in [6, 6.07) is 9.54. The normalized spacial score (nSPS) is 16.9. The highest BCUT2D eigenvalue weighted by atomic mass is 79.9. The van der Waals surface area contributed by atoms with Crippen LogP contribution in [0.2, 0.25) is 5.02 Å². The summed E-state index contributed by atoms with van der Waals surface area (Å²) in [7, 11) is 3.17. The van der Waals surface area contributed by atoms with Crippen LogP contribution in [0.4, 0.5) is 5.69 Å². The van der Waals surface area contributed by atoms with Crippen molar-refractivity contribution >= 4 is 68.1 Å². The van der Waals surface area contributed by atoms with Crippen LogP contribution < -0.4 is 4.74 Å². The number of thioether (sulfide) groups is 1. The SMILES string of the molecule is COc1c(Br)cc(Cl)cc1/C=C1\SC(=Nc2ccc(C(=O)O)cc2)N(C)C1=O. The van der Waals surface area contributed by atoms with Crippen LogP contribution in [0, 0.1) is 0 Å². The van der Waals surface area contributed by atoms with Crippen molar-refractivity contribution in [3.8, 4) is 5.75 Å². The number of ether oxygens (including phenoxy) is 1. The largest absolute Gasteiger partial charge is 0.495 e. The molecular formula is C19H14BrClN2O4S. The maximum absolute atomic E-state index is 12.6. The zero-order valence-corrected chi connectivity index (χ0v) is 17.9. The number of nitrogens with zero attached hydrogens (tertiary/aromatic N) is 2. The van der Waals surface area contributed by atoms with E-state index in [1.54, 1.807) is 44.5 Å². The first-order valence-corrected chi connectivity index (χ1v) is 9.91. The number of hydrogen-bond donors (Lipinski definition) is 1. The summed E-state index contributed by atoms with van der Waals surface area (Å²) in [5, 5.41) is 9.97. The van der Waals surface area contributed by atoms with Gasteiger partial charge < -0.3 is 9.84 Å². The Balaban J connectivity index is 1.93. The van der Waals surface area contributed by atoms with Crippen molar-refractivity contribution < 1.29 is 19.4 Å². The number of hydrogen-bond acceptors (Lipinski definition) is 5. The van der Waals surface area contributed by atoms with E-state index in [4.69, 9.17) is 21.4 Å². The third kappa shape index (κ3) is 4.24. The Morgan fingerprint density at radius 3 is 2.61 bits per heavy atom. The first-order chi connectivity index (χ1) is 13.3. The Bertz CT molecular complexity index is 1020. The summed E-state index contributed by atoms with van der Waals surface area (Å²) in [6.07, 6.45) is 1.70. The minimum Gasteiger partial charge on any atom is -0.495 e. The van der Waals surface area contributed by atoms with Gasteiger partial charge in [0.2, 0.25) is 0 Å². The topological polar surface area (TPSA) is 79.2 Å². The van der Waals surface area contributed by atoms with Crippen molar-refractivity contribution in [3.05, 3.63) is 61.9 Å². The van der Waals surface area contributed by atoms with Gasteiger partial charge in [0.1, 0.15) is 5.75 Å². The molecule has 1 amide bonds. The first kappa shape index (κ1) is 20.4. The van der Waals surface area contributed by atoms with Crippen molar-refractivity contribution in [1.29, 1.82) is 0 Å². The highest BCUT2D eigenvalue weighted by molar-refractivity contribution is 9.10. The molecule has 0 radical (unpaired) electrons. The van der Waals surface area contributed by atoms with E-state index in [1.807, 2.05) is 0 Å². The van der Waals surface area contributed by atoms with Crippen LogP contribution in [0.5, 0.6) is 5.75 Å². The zero-order chi connectivity index (χ0) is 20.4. The molecule has 1 aliphatic heterocycles. The Morgan fingerprint density at radius 1 is 1.32 bits per heavy atom. The average Bonchev–Trinajstić information content (AvgIpc) is 2.90. The molecule has 144 valence electrons. The maximum Gasteiger partial charge on any atom is 0.335 e. The molecule has 1 aliphatic rings.